The lowest BCUT2D eigenvalue weighted by Gasteiger charge is -2.32. The van der Waals surface area contributed by atoms with Crippen molar-refractivity contribution in [2.45, 2.75) is 38.9 Å². The zero-order chi connectivity index (χ0) is 18.0. The summed E-state index contributed by atoms with van der Waals surface area (Å²) in [6, 6.07) is 7.59. The van der Waals surface area contributed by atoms with Crippen molar-refractivity contribution in [1.29, 1.82) is 0 Å². The molecule has 24 heavy (non-hydrogen) atoms. The largest absolute Gasteiger partial charge is 0.491 e. The van der Waals surface area contributed by atoms with Crippen molar-refractivity contribution < 1.29 is 19.2 Å². The van der Waals surface area contributed by atoms with Gasteiger partial charge in [-0.3, -0.25) is 0 Å². The van der Waals surface area contributed by atoms with Crippen LogP contribution in [-0.2, 0) is 14.1 Å². The molecule has 0 bridgehead atoms. The fourth-order valence-electron chi connectivity index (χ4n) is 2.27. The molecule has 1 aromatic carbocycles. The van der Waals surface area contributed by atoms with E-state index in [2.05, 4.69) is 12.6 Å². The number of thiol groups is 1. The van der Waals surface area contributed by atoms with E-state index in [-0.39, 0.29) is 11.2 Å². The van der Waals surface area contributed by atoms with Crippen LogP contribution in [-0.4, -0.2) is 35.1 Å². The molecule has 1 aliphatic heterocycles. The van der Waals surface area contributed by atoms with Crippen molar-refractivity contribution in [3.8, 4) is 0 Å². The maximum Gasteiger partial charge on any atom is 0.491 e. The minimum Gasteiger partial charge on any atom is -0.478 e. The molecule has 0 unspecified atom stereocenters. The molecular formula is C18H23BO4S. The van der Waals surface area contributed by atoms with Gasteiger partial charge >= 0.3 is 13.1 Å². The number of rotatable bonds is 5. The highest BCUT2D eigenvalue weighted by molar-refractivity contribution is 7.80. The van der Waals surface area contributed by atoms with Crippen LogP contribution in [0.2, 0.25) is 0 Å². The Bertz CT molecular complexity index is 646. The molecule has 1 N–H and O–H groups in total. The zero-order valence-electron chi connectivity index (χ0n) is 14.4. The Balaban J connectivity index is 2.18. The molecule has 1 aliphatic rings. The number of carbonyl (C=O) groups is 1. The zero-order valence-corrected chi connectivity index (χ0v) is 15.3. The molecule has 2 rings (SSSR count). The third-order valence-corrected chi connectivity index (χ3v) is 4.81. The van der Waals surface area contributed by atoms with E-state index in [4.69, 9.17) is 14.4 Å². The minimum absolute atomic E-state index is 0.384. The average molecular weight is 346 g/mol. The highest BCUT2D eigenvalue weighted by Gasteiger charge is 2.52. The lowest BCUT2D eigenvalue weighted by atomic mass is 9.78. The molecular weight excluding hydrogens is 323 g/mol. The number of hydrogen-bond donors (Lipinski definition) is 2. The van der Waals surface area contributed by atoms with E-state index in [0.29, 0.717) is 5.75 Å². The predicted molar refractivity (Wildman–Crippen MR) is 101 cm³/mol. The van der Waals surface area contributed by atoms with Crippen LogP contribution >= 0.6 is 12.6 Å². The summed E-state index contributed by atoms with van der Waals surface area (Å²) in [4.78, 5) is 10.5. The predicted octanol–water partition coefficient (Wildman–Crippen LogP) is 3.73. The van der Waals surface area contributed by atoms with Gasteiger partial charge in [-0.2, -0.15) is 12.6 Å². The van der Waals surface area contributed by atoms with E-state index in [9.17, 15) is 4.79 Å². The summed E-state index contributed by atoms with van der Waals surface area (Å²) in [5, 5.41) is 8.65. The summed E-state index contributed by atoms with van der Waals surface area (Å²) in [7, 11) is -0.418. The van der Waals surface area contributed by atoms with Crippen LogP contribution in [0.5, 0.6) is 0 Å². The highest BCUT2D eigenvalue weighted by Crippen LogP contribution is 2.39. The fourth-order valence-corrected chi connectivity index (χ4v) is 2.51. The lowest BCUT2D eigenvalue weighted by molar-refractivity contribution is -0.131. The fraction of sp³-hybridized carbons (Fsp3) is 0.389. The van der Waals surface area contributed by atoms with Gasteiger partial charge in [0.1, 0.15) is 0 Å². The first-order valence-corrected chi connectivity index (χ1v) is 8.46. The molecule has 1 saturated heterocycles. The Labute approximate surface area is 149 Å². The van der Waals surface area contributed by atoms with Crippen molar-refractivity contribution in [2.24, 2.45) is 0 Å². The molecule has 0 spiro atoms. The van der Waals surface area contributed by atoms with E-state index < -0.39 is 13.1 Å². The van der Waals surface area contributed by atoms with Gasteiger partial charge in [0.15, 0.2) is 0 Å². The van der Waals surface area contributed by atoms with Gasteiger partial charge in [0.25, 0.3) is 0 Å². The van der Waals surface area contributed by atoms with Gasteiger partial charge in [0.05, 0.1) is 11.2 Å². The molecule has 0 saturated carbocycles. The topological polar surface area (TPSA) is 55.8 Å². The summed E-state index contributed by atoms with van der Waals surface area (Å²) in [5.41, 5.74) is 2.00. The first-order chi connectivity index (χ1) is 11.1. The normalized spacial score (nSPS) is 19.9. The van der Waals surface area contributed by atoms with Gasteiger partial charge in [-0.1, -0.05) is 30.3 Å². The SMILES string of the molecule is CC1(C)OB(C(=Cc2ccc(/C=C/C(=O)O)cc2)CS)OC1(C)C. The summed E-state index contributed by atoms with van der Waals surface area (Å²) < 4.78 is 12.1. The lowest BCUT2D eigenvalue weighted by Crippen LogP contribution is -2.41. The van der Waals surface area contributed by atoms with Crippen LogP contribution in [0.1, 0.15) is 38.8 Å². The number of benzene rings is 1. The van der Waals surface area contributed by atoms with E-state index in [0.717, 1.165) is 22.7 Å². The smallest absolute Gasteiger partial charge is 0.478 e. The van der Waals surface area contributed by atoms with Gasteiger partial charge in [0, 0.05) is 11.8 Å². The molecule has 0 atom stereocenters. The number of hydrogen-bond acceptors (Lipinski definition) is 4. The number of aliphatic carboxylic acids is 1. The second-order valence-electron chi connectivity index (χ2n) is 6.80. The van der Waals surface area contributed by atoms with Crippen molar-refractivity contribution in [1.82, 2.24) is 0 Å². The molecule has 6 heteroatoms. The van der Waals surface area contributed by atoms with Crippen LogP contribution in [0.25, 0.3) is 12.2 Å². The van der Waals surface area contributed by atoms with Crippen LogP contribution in [0.3, 0.4) is 0 Å². The van der Waals surface area contributed by atoms with Gasteiger partial charge in [-0.25, -0.2) is 4.79 Å². The van der Waals surface area contributed by atoms with Crippen LogP contribution in [0.4, 0.5) is 0 Å². The van der Waals surface area contributed by atoms with E-state index in [1.54, 1.807) is 6.08 Å². The van der Waals surface area contributed by atoms with Crippen molar-refractivity contribution >= 4 is 37.9 Å². The van der Waals surface area contributed by atoms with Crippen molar-refractivity contribution in [3.63, 3.8) is 0 Å². The molecule has 0 radical (unpaired) electrons. The molecule has 0 amide bonds. The quantitative estimate of drug-likeness (QED) is 0.485. The van der Waals surface area contributed by atoms with E-state index in [1.165, 1.54) is 0 Å². The monoisotopic (exact) mass is 346 g/mol. The average Bonchev–Trinajstić information content (AvgIpc) is 2.72. The highest BCUT2D eigenvalue weighted by atomic mass is 32.1. The molecule has 128 valence electrons. The van der Waals surface area contributed by atoms with E-state index in [1.807, 2.05) is 58.0 Å². The summed E-state index contributed by atoms with van der Waals surface area (Å²) in [6.45, 7) is 8.08. The van der Waals surface area contributed by atoms with Crippen LogP contribution in [0, 0.1) is 0 Å². The van der Waals surface area contributed by atoms with Gasteiger partial charge in [-0.05, 0) is 50.4 Å². The molecule has 0 aliphatic carbocycles. The Kier molecular flexibility index (Phi) is 5.63. The second-order valence-corrected chi connectivity index (χ2v) is 7.12. The molecule has 0 aromatic heterocycles. The molecule has 1 heterocycles. The van der Waals surface area contributed by atoms with Gasteiger partial charge in [-0.15, -0.1) is 0 Å². The number of carboxylic acids is 1. The minimum atomic E-state index is -0.961. The molecule has 1 aromatic rings. The first kappa shape index (κ1) is 18.8. The Morgan fingerprint density at radius 2 is 1.62 bits per heavy atom. The van der Waals surface area contributed by atoms with Gasteiger partial charge < -0.3 is 14.4 Å². The van der Waals surface area contributed by atoms with E-state index >= 15 is 0 Å². The maximum absolute atomic E-state index is 10.5. The standard InChI is InChI=1S/C18H23BO4S/c1-17(2)18(3,4)23-19(22-17)15(12-24)11-14-7-5-13(6-8-14)9-10-16(20)21/h5-11,24H,12H2,1-4H3,(H,20,21)/b10-9+,15-11?. The second kappa shape index (κ2) is 7.17. The Hall–Kier alpha value is -1.50. The van der Waals surface area contributed by atoms with Crippen molar-refractivity contribution in [2.75, 3.05) is 5.75 Å². The third-order valence-electron chi connectivity index (χ3n) is 4.45. The first-order valence-electron chi connectivity index (χ1n) is 7.83. The summed E-state index contributed by atoms with van der Waals surface area (Å²) in [6.07, 6.45) is 4.68. The number of carboxylic acid groups (broad SMARTS) is 1. The maximum atomic E-state index is 10.5. The Morgan fingerprint density at radius 3 is 2.08 bits per heavy atom. The summed E-state index contributed by atoms with van der Waals surface area (Å²) >= 11 is 4.41. The van der Waals surface area contributed by atoms with Crippen molar-refractivity contribution in [3.05, 3.63) is 46.9 Å². The molecule has 4 nitrogen and oxygen atoms in total. The van der Waals surface area contributed by atoms with Crippen LogP contribution in [0.15, 0.2) is 35.8 Å². The summed E-state index contributed by atoms with van der Waals surface area (Å²) in [5.74, 6) is -0.436. The van der Waals surface area contributed by atoms with Crippen LogP contribution < -0.4 is 0 Å². The Morgan fingerprint density at radius 1 is 1.12 bits per heavy atom. The molecule has 1 fully saturated rings. The van der Waals surface area contributed by atoms with Gasteiger partial charge in [0.2, 0.25) is 0 Å². The third kappa shape index (κ3) is 4.32.